The molecular formula is C20H35IN4O3S. The van der Waals surface area contributed by atoms with E-state index in [1.165, 1.54) is 0 Å². The van der Waals surface area contributed by atoms with Gasteiger partial charge in [-0.05, 0) is 45.7 Å². The van der Waals surface area contributed by atoms with Gasteiger partial charge >= 0.3 is 0 Å². The van der Waals surface area contributed by atoms with E-state index >= 15 is 0 Å². The van der Waals surface area contributed by atoms with Crippen molar-refractivity contribution in [2.75, 3.05) is 33.4 Å². The van der Waals surface area contributed by atoms with Crippen molar-refractivity contribution < 1.29 is 13.2 Å². The highest BCUT2D eigenvalue weighted by atomic mass is 127. The van der Waals surface area contributed by atoms with Crippen LogP contribution in [-0.4, -0.2) is 58.2 Å². The summed E-state index contributed by atoms with van der Waals surface area (Å²) in [4.78, 5) is 7.06. The Labute approximate surface area is 192 Å². The number of sulfonamides is 1. The van der Waals surface area contributed by atoms with Gasteiger partial charge in [0.05, 0.1) is 18.0 Å². The van der Waals surface area contributed by atoms with Crippen LogP contribution >= 0.6 is 24.0 Å². The van der Waals surface area contributed by atoms with Crippen molar-refractivity contribution in [3.05, 3.63) is 29.8 Å². The van der Waals surface area contributed by atoms with Crippen LogP contribution in [0.4, 0.5) is 0 Å². The topological polar surface area (TPSA) is 83.0 Å². The van der Waals surface area contributed by atoms with E-state index in [0.717, 1.165) is 38.7 Å². The molecule has 166 valence electrons. The fourth-order valence-electron chi connectivity index (χ4n) is 3.19. The van der Waals surface area contributed by atoms with Crippen molar-refractivity contribution in [2.45, 2.75) is 51.1 Å². The summed E-state index contributed by atoms with van der Waals surface area (Å²) < 4.78 is 33.8. The molecule has 1 fully saturated rings. The highest BCUT2D eigenvalue weighted by Crippen LogP contribution is 2.19. The van der Waals surface area contributed by atoms with E-state index in [9.17, 15) is 8.42 Å². The van der Waals surface area contributed by atoms with Crippen LogP contribution in [0.3, 0.4) is 0 Å². The number of aliphatic imine (C=N–C) groups is 1. The largest absolute Gasteiger partial charge is 0.381 e. The smallest absolute Gasteiger partial charge is 0.241 e. The third-order valence-corrected chi connectivity index (χ3v) is 6.21. The second kappa shape index (κ2) is 11.5. The number of benzene rings is 1. The first kappa shape index (κ1) is 26.1. The van der Waals surface area contributed by atoms with E-state index in [0.29, 0.717) is 11.5 Å². The minimum absolute atomic E-state index is 0. The average molecular weight is 538 g/mol. The van der Waals surface area contributed by atoms with E-state index < -0.39 is 15.6 Å². The zero-order chi connectivity index (χ0) is 20.8. The molecule has 1 unspecified atom stereocenters. The number of ether oxygens (including phenoxy) is 1. The van der Waals surface area contributed by atoms with Crippen LogP contribution in [0.5, 0.6) is 0 Å². The molecule has 1 heterocycles. The number of guanidine groups is 1. The van der Waals surface area contributed by atoms with E-state index in [1.54, 1.807) is 12.1 Å². The number of rotatable bonds is 7. The summed E-state index contributed by atoms with van der Waals surface area (Å²) in [6.07, 6.45) is 1.06. The zero-order valence-electron chi connectivity index (χ0n) is 18.1. The lowest BCUT2D eigenvalue weighted by atomic mass is 10.1. The Morgan fingerprint density at radius 1 is 1.31 bits per heavy atom. The van der Waals surface area contributed by atoms with Crippen molar-refractivity contribution in [2.24, 2.45) is 10.9 Å². The summed E-state index contributed by atoms with van der Waals surface area (Å²) >= 11 is 0. The maximum Gasteiger partial charge on any atom is 0.241 e. The van der Waals surface area contributed by atoms with Gasteiger partial charge in [0.15, 0.2) is 5.96 Å². The number of halogens is 1. The maximum absolute atomic E-state index is 12.8. The number of hydrogen-bond donors (Lipinski definition) is 2. The Balaban J connectivity index is 0.00000420. The molecule has 7 nitrogen and oxygen atoms in total. The predicted octanol–water partition coefficient (Wildman–Crippen LogP) is 2.82. The van der Waals surface area contributed by atoms with Crippen molar-refractivity contribution in [3.8, 4) is 0 Å². The molecule has 2 N–H and O–H groups in total. The van der Waals surface area contributed by atoms with Crippen LogP contribution in [0.2, 0.25) is 0 Å². The van der Waals surface area contributed by atoms with Gasteiger partial charge in [-0.25, -0.2) is 18.1 Å². The van der Waals surface area contributed by atoms with Gasteiger partial charge in [-0.15, -0.1) is 24.0 Å². The van der Waals surface area contributed by atoms with Gasteiger partial charge in [-0.1, -0.05) is 18.2 Å². The Morgan fingerprint density at radius 3 is 2.59 bits per heavy atom. The molecule has 0 radical (unpaired) electrons. The summed E-state index contributed by atoms with van der Waals surface area (Å²) in [5, 5.41) is 3.29. The van der Waals surface area contributed by atoms with E-state index in [1.807, 2.05) is 46.9 Å². The van der Waals surface area contributed by atoms with Crippen LogP contribution in [0, 0.1) is 5.92 Å². The zero-order valence-corrected chi connectivity index (χ0v) is 21.2. The first-order chi connectivity index (χ1) is 13.1. The molecule has 0 aromatic heterocycles. The lowest BCUT2D eigenvalue weighted by molar-refractivity contribution is 0.181. The molecule has 2 rings (SSSR count). The highest BCUT2D eigenvalue weighted by molar-refractivity contribution is 14.0. The fraction of sp³-hybridized carbons (Fsp3) is 0.650. The second-order valence-corrected chi connectivity index (χ2v) is 9.89. The van der Waals surface area contributed by atoms with Crippen LogP contribution < -0.4 is 10.0 Å². The standard InChI is InChI=1S/C20H34N4O3S.HI/c1-6-21-19(24(5)14-16-11-12-27-15-16)22-13-17-9-7-8-10-18(17)28(25,26)23-20(2,3)4;/h7-10,16,23H,6,11-15H2,1-5H3,(H,21,22);1H. The Bertz CT molecular complexity index is 772. The molecule has 0 spiro atoms. The monoisotopic (exact) mass is 538 g/mol. The summed E-state index contributed by atoms with van der Waals surface area (Å²) in [5.74, 6) is 1.27. The first-order valence-electron chi connectivity index (χ1n) is 9.81. The van der Waals surface area contributed by atoms with Crippen molar-refractivity contribution in [3.63, 3.8) is 0 Å². The van der Waals surface area contributed by atoms with Crippen molar-refractivity contribution in [1.82, 2.24) is 14.9 Å². The van der Waals surface area contributed by atoms with E-state index in [2.05, 4.69) is 14.9 Å². The van der Waals surface area contributed by atoms with Crippen LogP contribution in [-0.2, 0) is 21.3 Å². The minimum atomic E-state index is -3.62. The van der Waals surface area contributed by atoms with Gasteiger partial charge in [0.1, 0.15) is 0 Å². The molecule has 9 heteroatoms. The molecule has 1 aliphatic heterocycles. The molecule has 0 bridgehead atoms. The van der Waals surface area contributed by atoms with Gasteiger partial charge in [-0.2, -0.15) is 0 Å². The number of nitrogens with one attached hydrogen (secondary N) is 2. The van der Waals surface area contributed by atoms with Gasteiger partial charge < -0.3 is 15.0 Å². The van der Waals surface area contributed by atoms with Gasteiger partial charge in [0.2, 0.25) is 10.0 Å². The number of hydrogen-bond acceptors (Lipinski definition) is 4. The van der Waals surface area contributed by atoms with Crippen molar-refractivity contribution in [1.29, 1.82) is 0 Å². The Kier molecular flexibility index (Phi) is 10.3. The molecule has 1 saturated heterocycles. The van der Waals surface area contributed by atoms with Gasteiger partial charge in [0, 0.05) is 38.2 Å². The minimum Gasteiger partial charge on any atom is -0.381 e. The molecule has 1 atom stereocenters. The summed E-state index contributed by atoms with van der Waals surface area (Å²) in [7, 11) is -1.61. The average Bonchev–Trinajstić information content (AvgIpc) is 3.09. The summed E-state index contributed by atoms with van der Waals surface area (Å²) in [6.45, 7) is 11.0. The second-order valence-electron chi connectivity index (χ2n) is 8.24. The predicted molar refractivity (Wildman–Crippen MR) is 128 cm³/mol. The third-order valence-electron chi connectivity index (χ3n) is 4.35. The van der Waals surface area contributed by atoms with E-state index in [-0.39, 0.29) is 35.4 Å². The Hall–Kier alpha value is -0.910. The summed E-state index contributed by atoms with van der Waals surface area (Å²) in [5.41, 5.74) is 0.125. The molecule has 1 aliphatic rings. The SMILES string of the molecule is CCNC(=NCc1ccccc1S(=O)(=O)NC(C)(C)C)N(C)CC1CCOC1.I. The molecular weight excluding hydrogens is 503 g/mol. The normalized spacial score (nSPS) is 17.7. The lowest BCUT2D eigenvalue weighted by Crippen LogP contribution is -2.41. The fourth-order valence-corrected chi connectivity index (χ4v) is 4.84. The Morgan fingerprint density at radius 2 is 2.00 bits per heavy atom. The molecule has 29 heavy (non-hydrogen) atoms. The third kappa shape index (κ3) is 8.39. The van der Waals surface area contributed by atoms with Crippen LogP contribution in [0.15, 0.2) is 34.2 Å². The molecule has 0 amide bonds. The molecule has 0 saturated carbocycles. The maximum atomic E-state index is 12.8. The highest BCUT2D eigenvalue weighted by Gasteiger charge is 2.24. The molecule has 1 aromatic carbocycles. The van der Waals surface area contributed by atoms with E-state index in [4.69, 9.17) is 9.73 Å². The van der Waals surface area contributed by atoms with Gasteiger partial charge in [0.25, 0.3) is 0 Å². The van der Waals surface area contributed by atoms with Crippen molar-refractivity contribution >= 4 is 40.0 Å². The number of nitrogens with zero attached hydrogens (tertiary/aromatic N) is 2. The first-order valence-corrected chi connectivity index (χ1v) is 11.3. The lowest BCUT2D eigenvalue weighted by Gasteiger charge is -2.25. The van der Waals surface area contributed by atoms with Crippen LogP contribution in [0.25, 0.3) is 0 Å². The molecule has 1 aromatic rings. The summed E-state index contributed by atoms with van der Waals surface area (Å²) in [6, 6.07) is 7.02. The van der Waals surface area contributed by atoms with Crippen LogP contribution in [0.1, 0.15) is 39.7 Å². The molecule has 0 aliphatic carbocycles. The quantitative estimate of drug-likeness (QED) is 0.317. The van der Waals surface area contributed by atoms with Gasteiger partial charge in [-0.3, -0.25) is 0 Å².